The smallest absolute Gasteiger partial charge is 0.144 e. The van der Waals surface area contributed by atoms with Gasteiger partial charge >= 0.3 is 0 Å². The number of carbonyl (C=O) groups is 2. The van der Waals surface area contributed by atoms with Crippen LogP contribution in [-0.2, 0) is 16.0 Å². The summed E-state index contributed by atoms with van der Waals surface area (Å²) in [5.74, 6) is 0.340. The molecule has 0 aliphatic carbocycles. The van der Waals surface area contributed by atoms with Crippen molar-refractivity contribution >= 4 is 11.6 Å². The monoisotopic (exact) mass is 219 g/mol. The number of ketones is 2. The van der Waals surface area contributed by atoms with Crippen LogP contribution < -0.4 is 0 Å². The standard InChI is InChI=1S/C13H17NO2/c1-10(2)7-12(15)9-13(16)8-11-3-5-14-6-4-11/h3-6,10H,7-9H2,1-2H3. The van der Waals surface area contributed by atoms with E-state index in [1.54, 1.807) is 24.5 Å². The van der Waals surface area contributed by atoms with Crippen LogP contribution in [0.3, 0.4) is 0 Å². The lowest BCUT2D eigenvalue weighted by atomic mass is 10.0. The van der Waals surface area contributed by atoms with Crippen LogP contribution in [0.25, 0.3) is 0 Å². The molecule has 0 N–H and O–H groups in total. The molecule has 0 amide bonds. The third-order valence-corrected chi connectivity index (χ3v) is 2.18. The van der Waals surface area contributed by atoms with Crippen molar-refractivity contribution in [2.75, 3.05) is 0 Å². The summed E-state index contributed by atoms with van der Waals surface area (Å²) in [5, 5.41) is 0. The van der Waals surface area contributed by atoms with Crippen LogP contribution in [-0.4, -0.2) is 16.6 Å². The van der Waals surface area contributed by atoms with Crippen molar-refractivity contribution < 1.29 is 9.59 Å². The molecule has 1 aromatic heterocycles. The number of nitrogens with zero attached hydrogens (tertiary/aromatic N) is 1. The molecular weight excluding hydrogens is 202 g/mol. The second-order valence-corrected chi connectivity index (χ2v) is 4.38. The largest absolute Gasteiger partial charge is 0.299 e. The summed E-state index contributed by atoms with van der Waals surface area (Å²) in [4.78, 5) is 26.9. The molecule has 3 nitrogen and oxygen atoms in total. The van der Waals surface area contributed by atoms with Crippen LogP contribution in [0.15, 0.2) is 24.5 Å². The molecule has 1 aromatic rings. The molecular formula is C13H17NO2. The molecule has 0 fully saturated rings. The van der Waals surface area contributed by atoms with Gasteiger partial charge in [-0.15, -0.1) is 0 Å². The van der Waals surface area contributed by atoms with Gasteiger partial charge in [-0.3, -0.25) is 14.6 Å². The van der Waals surface area contributed by atoms with Gasteiger partial charge in [-0.25, -0.2) is 0 Å². The van der Waals surface area contributed by atoms with E-state index in [0.29, 0.717) is 18.8 Å². The average molecular weight is 219 g/mol. The molecule has 3 heteroatoms. The Morgan fingerprint density at radius 3 is 2.38 bits per heavy atom. The molecule has 0 atom stereocenters. The Morgan fingerprint density at radius 1 is 1.19 bits per heavy atom. The molecule has 1 heterocycles. The number of rotatable bonds is 6. The predicted molar refractivity (Wildman–Crippen MR) is 62.0 cm³/mol. The van der Waals surface area contributed by atoms with E-state index in [-0.39, 0.29) is 18.0 Å². The molecule has 0 aliphatic heterocycles. The summed E-state index contributed by atoms with van der Waals surface area (Å²) in [7, 11) is 0. The minimum atomic E-state index is -0.0168. The Labute approximate surface area is 95.9 Å². The van der Waals surface area contributed by atoms with E-state index in [0.717, 1.165) is 5.56 Å². The minimum Gasteiger partial charge on any atom is -0.299 e. The quantitative estimate of drug-likeness (QED) is 0.689. The van der Waals surface area contributed by atoms with Gasteiger partial charge in [-0.2, -0.15) is 0 Å². The second-order valence-electron chi connectivity index (χ2n) is 4.38. The van der Waals surface area contributed by atoms with E-state index in [1.165, 1.54) is 0 Å². The van der Waals surface area contributed by atoms with Gasteiger partial charge in [0, 0.05) is 25.2 Å². The first kappa shape index (κ1) is 12.6. The molecule has 0 spiro atoms. The summed E-state index contributed by atoms with van der Waals surface area (Å²) >= 11 is 0. The van der Waals surface area contributed by atoms with Crippen LogP contribution >= 0.6 is 0 Å². The predicted octanol–water partition coefficient (Wildman–Crippen LogP) is 2.20. The van der Waals surface area contributed by atoms with Gasteiger partial charge in [0.25, 0.3) is 0 Å². The summed E-state index contributed by atoms with van der Waals surface area (Å²) in [6, 6.07) is 3.59. The zero-order valence-corrected chi connectivity index (χ0v) is 9.77. The highest BCUT2D eigenvalue weighted by molar-refractivity contribution is 5.99. The summed E-state index contributed by atoms with van der Waals surface area (Å²) in [5.41, 5.74) is 0.914. The first-order valence-electron chi connectivity index (χ1n) is 5.50. The Bertz CT molecular complexity index is 357. The molecule has 0 radical (unpaired) electrons. The van der Waals surface area contributed by atoms with E-state index in [2.05, 4.69) is 4.98 Å². The Balaban J connectivity index is 2.39. The molecule has 0 saturated carbocycles. The van der Waals surface area contributed by atoms with Gasteiger partial charge in [0.05, 0.1) is 6.42 Å². The van der Waals surface area contributed by atoms with Crippen molar-refractivity contribution in [1.29, 1.82) is 0 Å². The maximum Gasteiger partial charge on any atom is 0.144 e. The van der Waals surface area contributed by atoms with E-state index in [9.17, 15) is 9.59 Å². The highest BCUT2D eigenvalue weighted by atomic mass is 16.1. The zero-order chi connectivity index (χ0) is 12.0. The third kappa shape index (κ3) is 4.82. The second kappa shape index (κ2) is 6.16. The fourth-order valence-electron chi connectivity index (χ4n) is 1.54. The minimum absolute atomic E-state index is 0.0168. The fourth-order valence-corrected chi connectivity index (χ4v) is 1.54. The van der Waals surface area contributed by atoms with E-state index in [4.69, 9.17) is 0 Å². The molecule has 0 aromatic carbocycles. The zero-order valence-electron chi connectivity index (χ0n) is 9.77. The number of aromatic nitrogens is 1. The number of hydrogen-bond donors (Lipinski definition) is 0. The van der Waals surface area contributed by atoms with Crippen molar-refractivity contribution in [3.63, 3.8) is 0 Å². The van der Waals surface area contributed by atoms with E-state index in [1.807, 2.05) is 13.8 Å². The van der Waals surface area contributed by atoms with Crippen LogP contribution in [0.1, 0.15) is 32.3 Å². The van der Waals surface area contributed by atoms with Gasteiger partial charge in [0.1, 0.15) is 11.6 Å². The Kier molecular flexibility index (Phi) is 4.83. The van der Waals surface area contributed by atoms with Gasteiger partial charge in [-0.05, 0) is 23.6 Å². The summed E-state index contributed by atoms with van der Waals surface area (Å²) in [6.45, 7) is 3.95. The molecule has 0 saturated heterocycles. The van der Waals surface area contributed by atoms with Crippen molar-refractivity contribution in [2.45, 2.75) is 33.1 Å². The molecule has 0 unspecified atom stereocenters. The number of carbonyl (C=O) groups excluding carboxylic acids is 2. The first-order chi connectivity index (χ1) is 7.58. The first-order valence-corrected chi connectivity index (χ1v) is 5.50. The van der Waals surface area contributed by atoms with Crippen LogP contribution in [0.5, 0.6) is 0 Å². The van der Waals surface area contributed by atoms with Crippen molar-refractivity contribution in [3.8, 4) is 0 Å². The van der Waals surface area contributed by atoms with Crippen LogP contribution in [0.4, 0.5) is 0 Å². The van der Waals surface area contributed by atoms with Crippen LogP contribution in [0, 0.1) is 5.92 Å². The lowest BCUT2D eigenvalue weighted by Crippen LogP contribution is -2.12. The molecule has 16 heavy (non-hydrogen) atoms. The Morgan fingerprint density at radius 2 is 1.81 bits per heavy atom. The van der Waals surface area contributed by atoms with Gasteiger partial charge in [0.15, 0.2) is 0 Å². The number of Topliss-reactive ketones (excluding diaryl/α,β-unsaturated/α-hetero) is 2. The number of hydrogen-bond acceptors (Lipinski definition) is 3. The maximum atomic E-state index is 11.6. The van der Waals surface area contributed by atoms with Crippen molar-refractivity contribution in [3.05, 3.63) is 30.1 Å². The summed E-state index contributed by atoms with van der Waals surface area (Å²) < 4.78 is 0. The molecule has 0 aliphatic rings. The molecule has 86 valence electrons. The number of pyridine rings is 1. The highest BCUT2D eigenvalue weighted by Gasteiger charge is 2.11. The van der Waals surface area contributed by atoms with Gasteiger partial charge in [-0.1, -0.05) is 13.8 Å². The van der Waals surface area contributed by atoms with Gasteiger partial charge < -0.3 is 0 Å². The molecule has 1 rings (SSSR count). The van der Waals surface area contributed by atoms with E-state index < -0.39 is 0 Å². The van der Waals surface area contributed by atoms with Gasteiger partial charge in [0.2, 0.25) is 0 Å². The fraction of sp³-hybridized carbons (Fsp3) is 0.462. The SMILES string of the molecule is CC(C)CC(=O)CC(=O)Cc1ccncc1. The molecule has 0 bridgehead atoms. The van der Waals surface area contributed by atoms with Crippen molar-refractivity contribution in [2.24, 2.45) is 5.92 Å². The lowest BCUT2D eigenvalue weighted by Gasteiger charge is -2.03. The Hall–Kier alpha value is -1.51. The van der Waals surface area contributed by atoms with E-state index >= 15 is 0 Å². The average Bonchev–Trinajstić information content (AvgIpc) is 2.17. The normalized spacial score (nSPS) is 10.4. The summed E-state index contributed by atoms with van der Waals surface area (Å²) in [6.07, 6.45) is 4.17. The third-order valence-electron chi connectivity index (χ3n) is 2.18. The van der Waals surface area contributed by atoms with Crippen molar-refractivity contribution in [1.82, 2.24) is 4.98 Å². The van der Waals surface area contributed by atoms with Crippen LogP contribution in [0.2, 0.25) is 0 Å². The topological polar surface area (TPSA) is 47.0 Å². The highest BCUT2D eigenvalue weighted by Crippen LogP contribution is 2.06. The lowest BCUT2D eigenvalue weighted by molar-refractivity contribution is -0.127. The maximum absolute atomic E-state index is 11.6.